The lowest BCUT2D eigenvalue weighted by molar-refractivity contribution is -0.120. The summed E-state index contributed by atoms with van der Waals surface area (Å²) in [5.74, 6) is -0.0854. The monoisotopic (exact) mass is 546 g/mol. The molecule has 40 heavy (non-hydrogen) atoms. The fourth-order valence-electron chi connectivity index (χ4n) is 5.68. The Bertz CT molecular complexity index is 1240. The Kier molecular flexibility index (Phi) is 10.3. The van der Waals surface area contributed by atoms with E-state index in [1.165, 1.54) is 30.5 Å². The van der Waals surface area contributed by atoms with Crippen LogP contribution in [0.5, 0.6) is 5.75 Å². The number of halogens is 1. The lowest BCUT2D eigenvalue weighted by Crippen LogP contribution is -2.53. The van der Waals surface area contributed by atoms with Crippen molar-refractivity contribution in [3.05, 3.63) is 101 Å². The van der Waals surface area contributed by atoms with Crippen molar-refractivity contribution >= 4 is 5.91 Å². The number of rotatable bonds is 12. The maximum Gasteiger partial charge on any atom is 0.217 e. The number of carbonyl (C=O) groups excluding carboxylic acids is 1. The maximum atomic E-state index is 14.9. The molecule has 2 atom stereocenters. The average molecular weight is 547 g/mol. The molecule has 1 saturated carbocycles. The predicted octanol–water partition coefficient (Wildman–Crippen LogP) is 6.39. The summed E-state index contributed by atoms with van der Waals surface area (Å²) < 4.78 is 20.6. The van der Waals surface area contributed by atoms with Crippen molar-refractivity contribution < 1.29 is 19.0 Å². The van der Waals surface area contributed by atoms with E-state index in [4.69, 9.17) is 4.74 Å². The highest BCUT2D eigenvalue weighted by molar-refractivity contribution is 5.73. The highest BCUT2D eigenvalue weighted by Crippen LogP contribution is 2.38. The minimum Gasteiger partial charge on any atom is -0.486 e. The van der Waals surface area contributed by atoms with Crippen LogP contribution in [0.4, 0.5) is 4.39 Å². The molecule has 0 aliphatic heterocycles. The Labute approximate surface area is 238 Å². The summed E-state index contributed by atoms with van der Waals surface area (Å²) in [6.07, 6.45) is 4.91. The van der Waals surface area contributed by atoms with Gasteiger partial charge >= 0.3 is 0 Å². The molecule has 1 fully saturated rings. The van der Waals surface area contributed by atoms with Gasteiger partial charge in [0.2, 0.25) is 5.91 Å². The topological polar surface area (TPSA) is 70.6 Å². The number of hydrogen-bond acceptors (Lipinski definition) is 4. The van der Waals surface area contributed by atoms with E-state index in [-0.39, 0.29) is 23.8 Å². The summed E-state index contributed by atoms with van der Waals surface area (Å²) >= 11 is 0. The van der Waals surface area contributed by atoms with E-state index in [1.807, 2.05) is 30.3 Å². The molecule has 4 rings (SSSR count). The van der Waals surface area contributed by atoms with Crippen molar-refractivity contribution in [1.29, 1.82) is 0 Å². The Morgan fingerprint density at radius 3 is 2.40 bits per heavy atom. The molecule has 0 bridgehead atoms. The fraction of sp³-hybridized carbons (Fsp3) is 0.441. The number of aliphatic hydroxyl groups is 1. The van der Waals surface area contributed by atoms with E-state index < -0.39 is 18.0 Å². The van der Waals surface area contributed by atoms with Crippen LogP contribution >= 0.6 is 0 Å². The number of hydrogen-bond donors (Lipinski definition) is 3. The molecule has 0 saturated heterocycles. The number of carbonyl (C=O) groups is 1. The van der Waals surface area contributed by atoms with Gasteiger partial charge in [-0.1, -0.05) is 93.8 Å². The summed E-state index contributed by atoms with van der Waals surface area (Å²) in [6, 6.07) is 22.7. The third-order valence-corrected chi connectivity index (χ3v) is 8.00. The molecule has 1 aliphatic carbocycles. The predicted molar refractivity (Wildman–Crippen MR) is 158 cm³/mol. The first-order valence-electron chi connectivity index (χ1n) is 14.5. The van der Waals surface area contributed by atoms with E-state index in [2.05, 4.69) is 48.7 Å². The number of nitrogens with one attached hydrogen (secondary N) is 2. The molecule has 0 spiro atoms. The lowest BCUT2D eigenvalue weighted by Gasteiger charge is -2.40. The van der Waals surface area contributed by atoms with Crippen molar-refractivity contribution in [2.75, 3.05) is 6.54 Å². The van der Waals surface area contributed by atoms with E-state index in [0.717, 1.165) is 31.2 Å². The van der Waals surface area contributed by atoms with Crippen molar-refractivity contribution in [3.63, 3.8) is 0 Å². The largest absolute Gasteiger partial charge is 0.486 e. The van der Waals surface area contributed by atoms with Crippen LogP contribution in [0.25, 0.3) is 0 Å². The van der Waals surface area contributed by atoms with Gasteiger partial charge in [0.05, 0.1) is 12.1 Å². The smallest absolute Gasteiger partial charge is 0.217 e. The highest BCUT2D eigenvalue weighted by Gasteiger charge is 2.35. The van der Waals surface area contributed by atoms with Gasteiger partial charge in [-0.15, -0.1) is 0 Å². The van der Waals surface area contributed by atoms with E-state index in [1.54, 1.807) is 12.1 Å². The Morgan fingerprint density at radius 2 is 1.73 bits per heavy atom. The zero-order chi connectivity index (χ0) is 28.5. The zero-order valence-corrected chi connectivity index (χ0v) is 24.0. The molecule has 214 valence electrons. The normalized spacial score (nSPS) is 16.4. The first kappa shape index (κ1) is 29.8. The molecule has 0 radical (unpaired) electrons. The van der Waals surface area contributed by atoms with Crippen molar-refractivity contribution in [2.24, 2.45) is 0 Å². The van der Waals surface area contributed by atoms with Crippen LogP contribution in [0.15, 0.2) is 72.8 Å². The standard InChI is InChI=1S/C34H43FN2O3/c1-24(2)28-13-10-14-29(21-28)34(17-8-5-9-18-34)36-22-32(39)31(37-25(3)38)20-27-15-16-33(30(35)19-27)40-23-26-11-6-4-7-12-26/h4,6-7,10-16,19,21,24,31-32,36,39H,5,8-9,17-18,20,22-23H2,1-3H3,(H,37,38)/t31-,32+/m0/s1. The van der Waals surface area contributed by atoms with E-state index >= 15 is 0 Å². The molecule has 3 N–H and O–H groups in total. The number of ether oxygens (including phenoxy) is 1. The molecule has 0 heterocycles. The summed E-state index contributed by atoms with van der Waals surface area (Å²) in [6.45, 7) is 6.43. The SMILES string of the molecule is CC(=O)N[C@@H](Cc1ccc(OCc2ccccc2)c(F)c1)[C@H](O)CNC1(c2cccc(C(C)C)c2)CCCCC1. The van der Waals surface area contributed by atoms with Crippen molar-refractivity contribution in [2.45, 2.75) is 89.5 Å². The van der Waals surface area contributed by atoms with Crippen LogP contribution < -0.4 is 15.4 Å². The Hall–Kier alpha value is -3.22. The number of amides is 1. The van der Waals surface area contributed by atoms with Gasteiger partial charge in [0.1, 0.15) is 6.61 Å². The first-order chi connectivity index (χ1) is 19.3. The fourth-order valence-corrected chi connectivity index (χ4v) is 5.68. The van der Waals surface area contributed by atoms with Crippen molar-refractivity contribution in [3.8, 4) is 5.75 Å². The van der Waals surface area contributed by atoms with Crippen LogP contribution in [0, 0.1) is 5.82 Å². The second-order valence-electron chi connectivity index (χ2n) is 11.4. The number of aliphatic hydroxyl groups excluding tert-OH is 1. The van der Waals surface area contributed by atoms with Crippen LogP contribution in [0.2, 0.25) is 0 Å². The highest BCUT2D eigenvalue weighted by atomic mass is 19.1. The van der Waals surface area contributed by atoms with Gasteiger partial charge in [-0.3, -0.25) is 4.79 Å². The van der Waals surface area contributed by atoms with Crippen LogP contribution in [-0.4, -0.2) is 29.7 Å². The van der Waals surface area contributed by atoms with E-state index in [0.29, 0.717) is 24.4 Å². The third-order valence-electron chi connectivity index (χ3n) is 8.00. The second-order valence-corrected chi connectivity index (χ2v) is 11.4. The molecule has 0 aromatic heterocycles. The van der Waals surface area contributed by atoms with Crippen LogP contribution in [-0.2, 0) is 23.4 Å². The molecular formula is C34H43FN2O3. The van der Waals surface area contributed by atoms with Crippen LogP contribution in [0.3, 0.4) is 0 Å². The summed E-state index contributed by atoms with van der Waals surface area (Å²) in [7, 11) is 0. The molecule has 3 aromatic carbocycles. The van der Waals surface area contributed by atoms with Gasteiger partial charge in [-0.05, 0) is 59.6 Å². The van der Waals surface area contributed by atoms with Gasteiger partial charge in [0.25, 0.3) is 0 Å². The third kappa shape index (κ3) is 7.92. The molecule has 1 aliphatic rings. The molecular weight excluding hydrogens is 503 g/mol. The zero-order valence-electron chi connectivity index (χ0n) is 24.0. The first-order valence-corrected chi connectivity index (χ1v) is 14.5. The minimum atomic E-state index is -0.854. The molecule has 3 aromatic rings. The summed E-state index contributed by atoms with van der Waals surface area (Å²) in [4.78, 5) is 12.0. The summed E-state index contributed by atoms with van der Waals surface area (Å²) in [5, 5.41) is 17.9. The quantitative estimate of drug-likeness (QED) is 0.246. The van der Waals surface area contributed by atoms with Gasteiger partial charge in [-0.25, -0.2) is 4.39 Å². The lowest BCUT2D eigenvalue weighted by atomic mass is 9.75. The van der Waals surface area contributed by atoms with Gasteiger partial charge in [0.15, 0.2) is 11.6 Å². The van der Waals surface area contributed by atoms with Gasteiger partial charge in [0, 0.05) is 19.0 Å². The molecule has 1 amide bonds. The average Bonchev–Trinajstić information content (AvgIpc) is 2.96. The molecule has 0 unspecified atom stereocenters. The summed E-state index contributed by atoms with van der Waals surface area (Å²) in [5.41, 5.74) is 3.99. The second kappa shape index (κ2) is 13.9. The molecule has 6 heteroatoms. The van der Waals surface area contributed by atoms with E-state index in [9.17, 15) is 14.3 Å². The van der Waals surface area contributed by atoms with Gasteiger partial charge < -0.3 is 20.5 Å². The maximum absolute atomic E-state index is 14.9. The van der Waals surface area contributed by atoms with Crippen molar-refractivity contribution in [1.82, 2.24) is 10.6 Å². The number of benzene rings is 3. The Balaban J connectivity index is 1.44. The molecule has 5 nitrogen and oxygen atoms in total. The Morgan fingerprint density at radius 1 is 0.975 bits per heavy atom. The van der Waals surface area contributed by atoms with Gasteiger partial charge in [-0.2, -0.15) is 0 Å². The minimum absolute atomic E-state index is 0.175. The van der Waals surface area contributed by atoms with Crippen LogP contribution in [0.1, 0.15) is 81.0 Å².